The van der Waals surface area contributed by atoms with E-state index in [9.17, 15) is 0 Å². The summed E-state index contributed by atoms with van der Waals surface area (Å²) in [5.74, 6) is 1.32. The molecule has 0 bridgehead atoms. The molecular weight excluding hydrogens is 258 g/mol. The third-order valence-electron chi connectivity index (χ3n) is 2.71. The molecule has 0 saturated heterocycles. The number of nitrogens with two attached hydrogens (primary N) is 1. The fourth-order valence-electron chi connectivity index (χ4n) is 1.98. The molecule has 0 atom stereocenters. The van der Waals surface area contributed by atoms with Crippen molar-refractivity contribution in [2.45, 2.75) is 6.42 Å². The van der Waals surface area contributed by atoms with Gasteiger partial charge in [-0.3, -0.25) is 4.57 Å². The molecule has 6 heteroatoms. The van der Waals surface area contributed by atoms with Gasteiger partial charge in [-0.2, -0.15) is 0 Å². The lowest BCUT2D eigenvalue weighted by molar-refractivity contribution is 0.887. The second kappa shape index (κ2) is 4.74. The average molecular weight is 269 g/mol. The van der Waals surface area contributed by atoms with E-state index in [1.54, 1.807) is 18.5 Å². The molecule has 0 aliphatic carbocycles. The highest BCUT2D eigenvalue weighted by Crippen LogP contribution is 2.19. The summed E-state index contributed by atoms with van der Waals surface area (Å²) in [6.07, 6.45) is 3.81. The minimum atomic E-state index is 0.396. The van der Waals surface area contributed by atoms with Crippen LogP contribution in [0.4, 0.5) is 0 Å². The zero-order valence-corrected chi connectivity index (χ0v) is 10.8. The molecule has 0 aliphatic rings. The molecular formula is C13H11N5S. The predicted octanol–water partition coefficient (Wildman–Crippen LogP) is 1.64. The second-order valence-corrected chi connectivity index (χ2v) is 4.57. The summed E-state index contributed by atoms with van der Waals surface area (Å²) in [4.78, 5) is 13.5. The number of fused-ring (bicyclic) bond motifs is 1. The largest absolute Gasteiger partial charge is 0.393 e. The number of hydrogen-bond acceptors (Lipinski definition) is 4. The van der Waals surface area contributed by atoms with E-state index in [2.05, 4.69) is 15.0 Å². The number of thiocarbonyl (C=S) groups is 1. The quantitative estimate of drug-likeness (QED) is 0.732. The van der Waals surface area contributed by atoms with Gasteiger partial charge in [0.1, 0.15) is 5.82 Å². The number of aromatic nitrogens is 4. The molecule has 5 nitrogen and oxygen atoms in total. The van der Waals surface area contributed by atoms with E-state index in [1.807, 2.05) is 28.8 Å². The van der Waals surface area contributed by atoms with Crippen molar-refractivity contribution in [3.05, 3.63) is 48.5 Å². The van der Waals surface area contributed by atoms with Gasteiger partial charge >= 0.3 is 0 Å². The minimum Gasteiger partial charge on any atom is -0.393 e. The van der Waals surface area contributed by atoms with E-state index < -0.39 is 0 Å². The van der Waals surface area contributed by atoms with Crippen LogP contribution >= 0.6 is 12.2 Å². The fourth-order valence-corrected chi connectivity index (χ4v) is 2.11. The Balaban J connectivity index is 2.27. The third kappa shape index (κ3) is 2.17. The van der Waals surface area contributed by atoms with Crippen LogP contribution in [-0.2, 0) is 6.42 Å². The highest BCUT2D eigenvalue weighted by Gasteiger charge is 2.14. The first-order valence-corrected chi connectivity index (χ1v) is 6.18. The second-order valence-electron chi connectivity index (χ2n) is 4.04. The zero-order chi connectivity index (χ0) is 13.2. The van der Waals surface area contributed by atoms with Crippen LogP contribution in [0.15, 0.2) is 42.7 Å². The SMILES string of the molecule is NC(=S)Cc1nc2ccccc2n1-c1ncccn1. The summed E-state index contributed by atoms with van der Waals surface area (Å²) in [5, 5.41) is 0. The Morgan fingerprint density at radius 1 is 1.16 bits per heavy atom. The first-order chi connectivity index (χ1) is 9.25. The van der Waals surface area contributed by atoms with Crippen LogP contribution in [0.1, 0.15) is 5.82 Å². The van der Waals surface area contributed by atoms with Gasteiger partial charge in [0.25, 0.3) is 0 Å². The van der Waals surface area contributed by atoms with Crippen LogP contribution in [0.5, 0.6) is 0 Å². The maximum atomic E-state index is 5.63. The summed E-state index contributed by atoms with van der Waals surface area (Å²) in [6.45, 7) is 0. The summed E-state index contributed by atoms with van der Waals surface area (Å²) in [7, 11) is 0. The van der Waals surface area contributed by atoms with Gasteiger partial charge in [0.2, 0.25) is 5.95 Å². The van der Waals surface area contributed by atoms with E-state index >= 15 is 0 Å². The number of para-hydroxylation sites is 2. The van der Waals surface area contributed by atoms with Crippen LogP contribution < -0.4 is 5.73 Å². The van der Waals surface area contributed by atoms with Crippen molar-refractivity contribution in [3.8, 4) is 5.95 Å². The molecule has 0 radical (unpaired) electrons. The number of benzene rings is 1. The number of hydrogen-bond donors (Lipinski definition) is 1. The van der Waals surface area contributed by atoms with Crippen LogP contribution in [0.25, 0.3) is 17.0 Å². The highest BCUT2D eigenvalue weighted by molar-refractivity contribution is 7.80. The zero-order valence-electron chi connectivity index (χ0n) is 10.0. The van der Waals surface area contributed by atoms with Gasteiger partial charge in [0.15, 0.2) is 0 Å². The van der Waals surface area contributed by atoms with Gasteiger partial charge < -0.3 is 5.73 Å². The maximum absolute atomic E-state index is 5.63. The lowest BCUT2D eigenvalue weighted by Gasteiger charge is -2.06. The Morgan fingerprint density at radius 3 is 2.63 bits per heavy atom. The van der Waals surface area contributed by atoms with Crippen molar-refractivity contribution in [1.29, 1.82) is 0 Å². The van der Waals surface area contributed by atoms with Crippen molar-refractivity contribution < 1.29 is 0 Å². The normalized spacial score (nSPS) is 10.7. The van der Waals surface area contributed by atoms with Crippen LogP contribution in [-0.4, -0.2) is 24.5 Å². The molecule has 94 valence electrons. The van der Waals surface area contributed by atoms with Crippen molar-refractivity contribution in [1.82, 2.24) is 19.5 Å². The summed E-state index contributed by atoms with van der Waals surface area (Å²) >= 11 is 4.98. The van der Waals surface area contributed by atoms with Gasteiger partial charge in [-0.1, -0.05) is 24.4 Å². The number of rotatable bonds is 3. The van der Waals surface area contributed by atoms with Crippen molar-refractivity contribution in [2.24, 2.45) is 5.73 Å². The Hall–Kier alpha value is -2.34. The first kappa shape index (κ1) is 11.7. The van der Waals surface area contributed by atoms with Crippen molar-refractivity contribution >= 4 is 28.2 Å². The maximum Gasteiger partial charge on any atom is 0.235 e. The molecule has 3 rings (SSSR count). The van der Waals surface area contributed by atoms with E-state index in [4.69, 9.17) is 18.0 Å². The number of imidazole rings is 1. The third-order valence-corrected chi connectivity index (χ3v) is 2.86. The molecule has 1 aromatic carbocycles. The molecule has 2 N–H and O–H groups in total. The summed E-state index contributed by atoms with van der Waals surface area (Å²) in [5.41, 5.74) is 7.45. The Bertz CT molecular complexity index is 735. The lowest BCUT2D eigenvalue weighted by atomic mass is 10.3. The van der Waals surface area contributed by atoms with Crippen LogP contribution in [0, 0.1) is 0 Å². The Labute approximate surface area is 115 Å². The molecule has 19 heavy (non-hydrogen) atoms. The standard InChI is InChI=1S/C13H11N5S/c14-11(19)8-12-17-9-4-1-2-5-10(9)18(12)13-15-6-3-7-16-13/h1-7H,8H2,(H2,14,19). The van der Waals surface area contributed by atoms with Gasteiger partial charge in [0.05, 0.1) is 22.4 Å². The minimum absolute atomic E-state index is 0.396. The molecule has 0 aliphatic heterocycles. The molecule has 0 unspecified atom stereocenters. The van der Waals surface area contributed by atoms with Crippen LogP contribution in [0.2, 0.25) is 0 Å². The average Bonchev–Trinajstić information content (AvgIpc) is 2.76. The lowest BCUT2D eigenvalue weighted by Crippen LogP contribution is -2.15. The molecule has 2 aromatic heterocycles. The highest BCUT2D eigenvalue weighted by atomic mass is 32.1. The van der Waals surface area contributed by atoms with E-state index in [1.165, 1.54) is 0 Å². The molecule has 0 spiro atoms. The summed E-state index contributed by atoms with van der Waals surface area (Å²) in [6, 6.07) is 9.58. The van der Waals surface area contributed by atoms with Crippen LogP contribution in [0.3, 0.4) is 0 Å². The van der Waals surface area contributed by atoms with Crippen molar-refractivity contribution in [3.63, 3.8) is 0 Å². The number of nitrogens with zero attached hydrogens (tertiary/aromatic N) is 4. The Kier molecular flexibility index (Phi) is 2.92. The predicted molar refractivity (Wildman–Crippen MR) is 77.1 cm³/mol. The Morgan fingerprint density at radius 2 is 1.89 bits per heavy atom. The topological polar surface area (TPSA) is 69.6 Å². The van der Waals surface area contributed by atoms with Gasteiger partial charge in [0, 0.05) is 12.4 Å². The summed E-state index contributed by atoms with van der Waals surface area (Å²) < 4.78 is 1.88. The molecule has 2 heterocycles. The van der Waals surface area contributed by atoms with Gasteiger partial charge in [-0.05, 0) is 18.2 Å². The van der Waals surface area contributed by atoms with Crippen molar-refractivity contribution in [2.75, 3.05) is 0 Å². The van der Waals surface area contributed by atoms with E-state index in [0.717, 1.165) is 16.9 Å². The molecule has 0 fully saturated rings. The molecule has 0 amide bonds. The first-order valence-electron chi connectivity index (χ1n) is 5.78. The van der Waals surface area contributed by atoms with E-state index in [0.29, 0.717) is 17.4 Å². The fraction of sp³-hybridized carbons (Fsp3) is 0.0769. The molecule has 3 aromatic rings. The van der Waals surface area contributed by atoms with E-state index in [-0.39, 0.29) is 0 Å². The smallest absolute Gasteiger partial charge is 0.235 e. The van der Waals surface area contributed by atoms with Gasteiger partial charge in [-0.25, -0.2) is 15.0 Å². The monoisotopic (exact) mass is 269 g/mol. The van der Waals surface area contributed by atoms with Gasteiger partial charge in [-0.15, -0.1) is 0 Å². The molecule has 0 saturated carbocycles.